The largest absolute Gasteiger partial charge is 0.504 e. The number of allylic oxidation sites excluding steroid dienone is 1. The van der Waals surface area contributed by atoms with Gasteiger partial charge >= 0.3 is 5.97 Å². The maximum absolute atomic E-state index is 13.6. The molecule has 156 valence electrons. The van der Waals surface area contributed by atoms with E-state index in [9.17, 15) is 14.7 Å². The second-order valence-corrected chi connectivity index (χ2v) is 7.05. The van der Waals surface area contributed by atoms with Crippen LogP contribution in [0, 0.1) is 0 Å². The summed E-state index contributed by atoms with van der Waals surface area (Å²) in [6, 6.07) is 18.3. The first kappa shape index (κ1) is 20.2. The van der Waals surface area contributed by atoms with Crippen LogP contribution in [0.4, 0.5) is 5.69 Å². The number of methoxy groups -OCH3 is 2. The number of aromatic hydroxyl groups is 1. The van der Waals surface area contributed by atoms with Crippen LogP contribution in [0.15, 0.2) is 77.5 Å². The van der Waals surface area contributed by atoms with Crippen LogP contribution >= 0.6 is 0 Å². The van der Waals surface area contributed by atoms with Crippen LogP contribution in [-0.4, -0.2) is 31.2 Å². The highest BCUT2D eigenvalue weighted by atomic mass is 16.5. The van der Waals surface area contributed by atoms with Crippen LogP contribution in [0.3, 0.4) is 0 Å². The Bertz CT molecular complexity index is 1270. The topological polar surface area (TPSA) is 76.1 Å². The van der Waals surface area contributed by atoms with Gasteiger partial charge in [0.05, 0.1) is 31.1 Å². The van der Waals surface area contributed by atoms with Gasteiger partial charge in [0.15, 0.2) is 11.5 Å². The molecule has 0 spiro atoms. The Morgan fingerprint density at radius 2 is 1.71 bits per heavy atom. The molecule has 6 heteroatoms. The van der Waals surface area contributed by atoms with Crippen molar-refractivity contribution in [2.24, 2.45) is 0 Å². The van der Waals surface area contributed by atoms with E-state index < -0.39 is 5.97 Å². The molecule has 3 aromatic rings. The second-order valence-electron chi connectivity index (χ2n) is 7.05. The molecule has 0 radical (unpaired) electrons. The third-order valence-corrected chi connectivity index (χ3v) is 5.35. The van der Waals surface area contributed by atoms with Crippen molar-refractivity contribution >= 4 is 34.4 Å². The molecule has 31 heavy (non-hydrogen) atoms. The van der Waals surface area contributed by atoms with E-state index in [0.29, 0.717) is 16.9 Å². The van der Waals surface area contributed by atoms with Gasteiger partial charge in [-0.05, 0) is 30.5 Å². The molecule has 0 saturated carbocycles. The number of esters is 1. The Labute approximate surface area is 179 Å². The van der Waals surface area contributed by atoms with Gasteiger partial charge in [-0.25, -0.2) is 4.79 Å². The van der Waals surface area contributed by atoms with Crippen molar-refractivity contribution in [3.8, 4) is 11.5 Å². The Morgan fingerprint density at radius 3 is 2.45 bits per heavy atom. The van der Waals surface area contributed by atoms with E-state index in [4.69, 9.17) is 9.47 Å². The fraction of sp³-hybridized carbons (Fsp3) is 0.120. The van der Waals surface area contributed by atoms with Crippen molar-refractivity contribution in [2.75, 3.05) is 19.1 Å². The monoisotopic (exact) mass is 415 g/mol. The molecule has 0 atom stereocenters. The molecule has 1 aliphatic heterocycles. The number of carbonyl (C=O) groups is 2. The Kier molecular flexibility index (Phi) is 5.21. The van der Waals surface area contributed by atoms with Crippen LogP contribution in [-0.2, 0) is 14.3 Å². The van der Waals surface area contributed by atoms with E-state index in [2.05, 4.69) is 0 Å². The van der Waals surface area contributed by atoms with Crippen LogP contribution < -0.4 is 9.64 Å². The number of hydrogen-bond donors (Lipinski definition) is 1. The summed E-state index contributed by atoms with van der Waals surface area (Å²) < 4.78 is 10.1. The number of fused-ring (bicyclic) bond motifs is 1. The molecular formula is C25H21NO5. The maximum Gasteiger partial charge on any atom is 0.340 e. The van der Waals surface area contributed by atoms with Crippen molar-refractivity contribution in [3.05, 3.63) is 83.1 Å². The van der Waals surface area contributed by atoms with Crippen LogP contribution in [0.25, 0.3) is 16.8 Å². The summed E-state index contributed by atoms with van der Waals surface area (Å²) in [5.41, 5.74) is 1.78. The van der Waals surface area contributed by atoms with E-state index in [1.165, 1.54) is 25.2 Å². The van der Waals surface area contributed by atoms with Gasteiger partial charge in [0.25, 0.3) is 5.91 Å². The van der Waals surface area contributed by atoms with Gasteiger partial charge in [0, 0.05) is 16.6 Å². The maximum atomic E-state index is 13.6. The van der Waals surface area contributed by atoms with Gasteiger partial charge in [0.1, 0.15) is 0 Å². The zero-order valence-electron chi connectivity index (χ0n) is 17.4. The lowest BCUT2D eigenvalue weighted by atomic mass is 10.0. The highest BCUT2D eigenvalue weighted by Gasteiger charge is 2.38. The predicted octanol–water partition coefficient (Wildman–Crippen LogP) is 4.43. The Balaban J connectivity index is 1.92. The highest BCUT2D eigenvalue weighted by molar-refractivity contribution is 6.25. The lowest BCUT2D eigenvalue weighted by Crippen LogP contribution is -2.24. The second kappa shape index (κ2) is 7.99. The number of phenols is 1. The van der Waals surface area contributed by atoms with Gasteiger partial charge in [-0.1, -0.05) is 48.5 Å². The van der Waals surface area contributed by atoms with E-state index in [-0.39, 0.29) is 28.6 Å². The summed E-state index contributed by atoms with van der Waals surface area (Å²) in [6.45, 7) is 1.71. The average molecular weight is 415 g/mol. The molecule has 0 bridgehead atoms. The molecule has 0 unspecified atom stereocenters. The normalized spacial score (nSPS) is 15.1. The van der Waals surface area contributed by atoms with Crippen molar-refractivity contribution in [2.45, 2.75) is 6.92 Å². The van der Waals surface area contributed by atoms with E-state index in [0.717, 1.165) is 10.8 Å². The molecule has 1 amide bonds. The summed E-state index contributed by atoms with van der Waals surface area (Å²) in [5, 5.41) is 12.3. The predicted molar refractivity (Wildman–Crippen MR) is 119 cm³/mol. The lowest BCUT2D eigenvalue weighted by molar-refractivity contribution is -0.136. The molecule has 0 saturated heterocycles. The van der Waals surface area contributed by atoms with Gasteiger partial charge in [-0.15, -0.1) is 0 Å². The number of benzene rings is 3. The number of amides is 1. The molecule has 4 rings (SSSR count). The smallest absolute Gasteiger partial charge is 0.340 e. The third-order valence-electron chi connectivity index (χ3n) is 5.35. The molecule has 3 aromatic carbocycles. The minimum absolute atomic E-state index is 0.115. The summed E-state index contributed by atoms with van der Waals surface area (Å²) >= 11 is 0. The first-order valence-electron chi connectivity index (χ1n) is 9.67. The summed E-state index contributed by atoms with van der Waals surface area (Å²) in [6.07, 6.45) is 1.49. The average Bonchev–Trinajstić information content (AvgIpc) is 3.03. The van der Waals surface area contributed by atoms with Gasteiger partial charge in [0.2, 0.25) is 0 Å². The van der Waals surface area contributed by atoms with E-state index in [1.807, 2.05) is 42.5 Å². The number of rotatable bonds is 4. The van der Waals surface area contributed by atoms with Crippen molar-refractivity contribution in [3.63, 3.8) is 0 Å². The molecule has 6 nitrogen and oxygen atoms in total. The molecule has 0 aromatic heterocycles. The molecule has 0 fully saturated rings. The van der Waals surface area contributed by atoms with Crippen molar-refractivity contribution in [1.82, 2.24) is 0 Å². The van der Waals surface area contributed by atoms with Crippen molar-refractivity contribution < 1.29 is 24.2 Å². The standard InChI is InChI=1S/C25H21NO5/c1-15-22(25(29)31-3)19(14-17-10-7-13-21(30-2)23(17)27)24(28)26(15)20-12-6-9-16-8-4-5-11-18(16)20/h4-14,27H,1-3H3/b19-14-. The fourth-order valence-corrected chi connectivity index (χ4v) is 3.85. The van der Waals surface area contributed by atoms with Gasteiger partial charge in [-0.2, -0.15) is 0 Å². The first-order valence-corrected chi connectivity index (χ1v) is 9.67. The summed E-state index contributed by atoms with van der Waals surface area (Å²) in [4.78, 5) is 27.7. The van der Waals surface area contributed by atoms with Crippen LogP contribution in [0.1, 0.15) is 12.5 Å². The SMILES string of the molecule is COC(=O)C1=C(C)N(c2cccc3ccccc23)C(=O)/C1=C\c1cccc(OC)c1O. The quantitative estimate of drug-likeness (QED) is 0.504. The number of phenolic OH excluding ortho intramolecular Hbond substituents is 1. The minimum atomic E-state index is -0.623. The van der Waals surface area contributed by atoms with E-state index in [1.54, 1.807) is 25.1 Å². The first-order chi connectivity index (χ1) is 15.0. The molecule has 1 aliphatic rings. The number of hydrogen-bond acceptors (Lipinski definition) is 5. The number of nitrogens with zero attached hydrogens (tertiary/aromatic N) is 1. The van der Waals surface area contributed by atoms with Gasteiger partial charge < -0.3 is 14.6 Å². The fourth-order valence-electron chi connectivity index (χ4n) is 3.85. The summed E-state index contributed by atoms with van der Waals surface area (Å²) in [5.74, 6) is -0.847. The third kappa shape index (κ3) is 3.32. The summed E-state index contributed by atoms with van der Waals surface area (Å²) in [7, 11) is 2.72. The molecular weight excluding hydrogens is 394 g/mol. The Hall–Kier alpha value is -4.06. The number of carbonyl (C=O) groups excluding carboxylic acids is 2. The highest BCUT2D eigenvalue weighted by Crippen LogP contribution is 2.40. The van der Waals surface area contributed by atoms with Gasteiger partial charge in [-0.3, -0.25) is 9.69 Å². The minimum Gasteiger partial charge on any atom is -0.504 e. The Morgan fingerprint density at radius 1 is 1.00 bits per heavy atom. The number of anilines is 1. The van der Waals surface area contributed by atoms with Crippen LogP contribution in [0.5, 0.6) is 11.5 Å². The lowest BCUT2D eigenvalue weighted by Gasteiger charge is -2.20. The van der Waals surface area contributed by atoms with E-state index >= 15 is 0 Å². The zero-order valence-corrected chi connectivity index (χ0v) is 17.4. The molecule has 0 aliphatic carbocycles. The molecule has 1 N–H and O–H groups in total. The number of para-hydroxylation sites is 1. The van der Waals surface area contributed by atoms with Crippen molar-refractivity contribution in [1.29, 1.82) is 0 Å². The number of ether oxygens (including phenoxy) is 2. The molecule has 1 heterocycles. The van der Waals surface area contributed by atoms with Crippen LogP contribution in [0.2, 0.25) is 0 Å². The zero-order chi connectivity index (χ0) is 22.1.